The lowest BCUT2D eigenvalue weighted by atomic mass is 10.2. The molecule has 1 aliphatic heterocycles. The highest BCUT2D eigenvalue weighted by atomic mass is 32.2. The van der Waals surface area contributed by atoms with Gasteiger partial charge < -0.3 is 14.5 Å². The Bertz CT molecular complexity index is 1310. The van der Waals surface area contributed by atoms with Gasteiger partial charge >= 0.3 is 6.01 Å². The van der Waals surface area contributed by atoms with E-state index in [-0.39, 0.29) is 10.7 Å². The average Bonchev–Trinajstić information content (AvgIpc) is 3.27. The maximum Gasteiger partial charge on any atom is 0.322 e. The van der Waals surface area contributed by atoms with Crippen LogP contribution in [0.2, 0.25) is 0 Å². The molecule has 0 radical (unpaired) electrons. The first-order chi connectivity index (χ1) is 17.2. The molecule has 0 saturated carbocycles. The number of carbonyl (C=O) groups excluding carboxylic acids is 1. The molecule has 2 aromatic carbocycles. The van der Waals surface area contributed by atoms with E-state index in [1.807, 2.05) is 25.1 Å². The molecule has 10 nitrogen and oxygen atoms in total. The fraction of sp³-hybridized carbons (Fsp3) is 0.400. The van der Waals surface area contributed by atoms with Crippen molar-refractivity contribution in [1.29, 1.82) is 0 Å². The predicted molar refractivity (Wildman–Crippen MR) is 137 cm³/mol. The third kappa shape index (κ3) is 5.75. The summed E-state index contributed by atoms with van der Waals surface area (Å²) in [5.41, 5.74) is 1.53. The maximum absolute atomic E-state index is 12.9. The van der Waals surface area contributed by atoms with Gasteiger partial charge in [0.2, 0.25) is 10.0 Å². The number of ketones is 1. The monoisotopic (exact) mass is 512 g/mol. The fourth-order valence-corrected chi connectivity index (χ4v) is 5.33. The van der Waals surface area contributed by atoms with Crippen molar-refractivity contribution in [2.24, 2.45) is 0 Å². The zero-order valence-corrected chi connectivity index (χ0v) is 21.8. The van der Waals surface area contributed by atoms with E-state index < -0.39 is 16.1 Å². The second-order valence-electron chi connectivity index (χ2n) is 8.90. The van der Waals surface area contributed by atoms with Crippen LogP contribution in [0.1, 0.15) is 43.0 Å². The molecule has 0 unspecified atom stereocenters. The number of aromatic nitrogens is 3. The van der Waals surface area contributed by atoms with Crippen LogP contribution in [0.25, 0.3) is 0 Å². The van der Waals surface area contributed by atoms with Gasteiger partial charge in [0, 0.05) is 50.0 Å². The molecular formula is C25H32N6O4S. The van der Waals surface area contributed by atoms with Crippen molar-refractivity contribution < 1.29 is 17.9 Å². The third-order valence-corrected chi connectivity index (χ3v) is 7.80. The number of hydrogen-bond acceptors (Lipinski definition) is 8. The van der Waals surface area contributed by atoms with Crippen LogP contribution in [0.5, 0.6) is 11.8 Å². The topological polar surface area (TPSA) is 110 Å². The fourth-order valence-electron chi connectivity index (χ4n) is 4.13. The van der Waals surface area contributed by atoms with E-state index in [4.69, 9.17) is 4.74 Å². The summed E-state index contributed by atoms with van der Waals surface area (Å²) in [6.45, 7) is 9.46. The van der Waals surface area contributed by atoms with Gasteiger partial charge in [-0.1, -0.05) is 23.3 Å². The lowest BCUT2D eigenvalue weighted by molar-refractivity contribution is 0.101. The minimum atomic E-state index is -3.84. The number of nitrogens with one attached hydrogen (secondary N) is 1. The predicted octanol–water partition coefficient (Wildman–Crippen LogP) is 3.08. The van der Waals surface area contributed by atoms with Crippen LogP contribution < -0.4 is 14.4 Å². The molecule has 192 valence electrons. The lowest BCUT2D eigenvalue weighted by Gasteiger charge is -2.34. The summed E-state index contributed by atoms with van der Waals surface area (Å²) in [6, 6.07) is 13.3. The minimum absolute atomic E-state index is 0.0686. The van der Waals surface area contributed by atoms with Crippen molar-refractivity contribution in [3.63, 3.8) is 0 Å². The number of carbonyl (C=O) groups is 1. The van der Waals surface area contributed by atoms with E-state index in [9.17, 15) is 13.2 Å². The van der Waals surface area contributed by atoms with Gasteiger partial charge in [0.25, 0.3) is 0 Å². The Morgan fingerprint density at radius 2 is 1.78 bits per heavy atom. The van der Waals surface area contributed by atoms with E-state index in [1.165, 1.54) is 31.2 Å². The van der Waals surface area contributed by atoms with E-state index in [2.05, 4.69) is 37.8 Å². The summed E-state index contributed by atoms with van der Waals surface area (Å²) in [6.07, 6.45) is 0. The number of rotatable bonds is 9. The third-order valence-electron chi connectivity index (χ3n) is 6.25. The number of sulfonamides is 1. The lowest BCUT2D eigenvalue weighted by Crippen LogP contribution is -2.44. The average molecular weight is 513 g/mol. The molecule has 0 amide bonds. The number of ether oxygens (including phenoxy) is 1. The van der Waals surface area contributed by atoms with Crippen molar-refractivity contribution >= 4 is 21.5 Å². The van der Waals surface area contributed by atoms with Crippen LogP contribution in [0, 0.1) is 0 Å². The first-order valence-corrected chi connectivity index (χ1v) is 13.4. The zero-order valence-electron chi connectivity index (χ0n) is 21.0. The van der Waals surface area contributed by atoms with Crippen molar-refractivity contribution in [2.75, 3.05) is 38.1 Å². The molecule has 3 aromatic rings. The molecule has 1 N–H and O–H groups in total. The standard InChI is InChI=1S/C25H32N6O4S/c1-5-31-24(18(2)28-36(33,34)23-11-9-20(10-12-23)19(3)32)26-27-25(31)35-22-8-6-7-21(17-22)30-15-13-29(4)14-16-30/h6-12,17-18,28H,5,13-16H2,1-4H3/t18-/m1/s1. The van der Waals surface area contributed by atoms with Crippen LogP contribution >= 0.6 is 0 Å². The molecule has 1 fully saturated rings. The van der Waals surface area contributed by atoms with Crippen LogP contribution in [0.3, 0.4) is 0 Å². The van der Waals surface area contributed by atoms with Crippen LogP contribution in [0.15, 0.2) is 53.4 Å². The molecule has 4 rings (SSSR count). The molecule has 1 aromatic heterocycles. The summed E-state index contributed by atoms with van der Waals surface area (Å²) in [5, 5.41) is 8.41. The number of likely N-dealkylation sites (N-methyl/N-ethyl adjacent to an activating group) is 1. The minimum Gasteiger partial charge on any atom is -0.424 e. The van der Waals surface area contributed by atoms with E-state index in [0.717, 1.165) is 31.9 Å². The number of anilines is 1. The zero-order chi connectivity index (χ0) is 25.9. The number of hydrogen-bond donors (Lipinski definition) is 1. The van der Waals surface area contributed by atoms with Crippen LogP contribution in [0.4, 0.5) is 5.69 Å². The number of nitrogens with zero attached hydrogens (tertiary/aromatic N) is 5. The SMILES string of the molecule is CCn1c(Oc2cccc(N3CCN(C)CC3)c2)nnc1[C@@H](C)NS(=O)(=O)c1ccc(C(C)=O)cc1. The largest absolute Gasteiger partial charge is 0.424 e. The Morgan fingerprint density at radius 1 is 1.08 bits per heavy atom. The van der Waals surface area contributed by atoms with Gasteiger partial charge in [-0.3, -0.25) is 9.36 Å². The quantitative estimate of drug-likeness (QED) is 0.436. The molecule has 1 atom stereocenters. The molecule has 36 heavy (non-hydrogen) atoms. The molecule has 1 saturated heterocycles. The van der Waals surface area contributed by atoms with Gasteiger partial charge in [0.15, 0.2) is 11.6 Å². The van der Waals surface area contributed by atoms with Crippen LogP contribution in [-0.4, -0.2) is 67.1 Å². The van der Waals surface area contributed by atoms with Crippen molar-refractivity contribution in [3.05, 3.63) is 59.9 Å². The molecular weight excluding hydrogens is 480 g/mol. The first-order valence-electron chi connectivity index (χ1n) is 12.0. The molecule has 0 spiro atoms. The maximum atomic E-state index is 12.9. The van der Waals surface area contributed by atoms with E-state index in [1.54, 1.807) is 11.5 Å². The van der Waals surface area contributed by atoms with Gasteiger partial charge in [-0.15, -0.1) is 5.10 Å². The smallest absolute Gasteiger partial charge is 0.322 e. The Labute approximate surface area is 211 Å². The second kappa shape index (κ2) is 10.8. The van der Waals surface area contributed by atoms with Crippen LogP contribution in [-0.2, 0) is 16.6 Å². The summed E-state index contributed by atoms with van der Waals surface area (Å²) >= 11 is 0. The van der Waals surface area contributed by atoms with E-state index >= 15 is 0 Å². The number of benzene rings is 2. The highest BCUT2D eigenvalue weighted by molar-refractivity contribution is 7.89. The molecule has 0 aliphatic carbocycles. The summed E-state index contributed by atoms with van der Waals surface area (Å²) in [5.74, 6) is 0.948. The van der Waals surface area contributed by atoms with Gasteiger partial charge in [-0.05, 0) is 52.1 Å². The summed E-state index contributed by atoms with van der Waals surface area (Å²) < 4.78 is 36.3. The van der Waals surface area contributed by atoms with E-state index in [0.29, 0.717) is 29.7 Å². The summed E-state index contributed by atoms with van der Waals surface area (Å²) in [7, 11) is -1.72. The normalized spacial score (nSPS) is 15.6. The second-order valence-corrected chi connectivity index (χ2v) is 10.6. The number of Topliss-reactive ketones (excluding diaryl/α,β-unsaturated/α-hetero) is 1. The Balaban J connectivity index is 1.49. The molecule has 1 aliphatic rings. The van der Waals surface area contributed by atoms with Gasteiger partial charge in [0.1, 0.15) is 5.75 Å². The van der Waals surface area contributed by atoms with Gasteiger partial charge in [-0.2, -0.15) is 0 Å². The Kier molecular flexibility index (Phi) is 7.72. The van der Waals surface area contributed by atoms with Crippen molar-refractivity contribution in [3.8, 4) is 11.8 Å². The molecule has 2 heterocycles. The number of piperazine rings is 1. The highest BCUT2D eigenvalue weighted by Crippen LogP contribution is 2.27. The first kappa shape index (κ1) is 25.8. The summed E-state index contributed by atoms with van der Waals surface area (Å²) in [4.78, 5) is 16.2. The van der Waals surface area contributed by atoms with Crippen molar-refractivity contribution in [1.82, 2.24) is 24.4 Å². The molecule has 0 bridgehead atoms. The Morgan fingerprint density at radius 3 is 2.42 bits per heavy atom. The van der Waals surface area contributed by atoms with Gasteiger partial charge in [-0.25, -0.2) is 13.1 Å². The highest BCUT2D eigenvalue weighted by Gasteiger charge is 2.24. The Hall–Kier alpha value is -3.28. The van der Waals surface area contributed by atoms with Gasteiger partial charge in [0.05, 0.1) is 10.9 Å². The molecule has 11 heteroatoms. The van der Waals surface area contributed by atoms with Crippen molar-refractivity contribution in [2.45, 2.75) is 38.3 Å².